The third-order valence-electron chi connectivity index (χ3n) is 2.70. The monoisotopic (exact) mass is 257 g/mol. The topological polar surface area (TPSA) is 56.2 Å². The summed E-state index contributed by atoms with van der Waals surface area (Å²) in [4.78, 5) is 15.9. The third kappa shape index (κ3) is 2.92. The minimum Gasteiger partial charge on any atom is -0.375 e. The van der Waals surface area contributed by atoms with Gasteiger partial charge in [-0.1, -0.05) is 18.1 Å². The van der Waals surface area contributed by atoms with Gasteiger partial charge in [-0.05, 0) is 12.1 Å². The molecule has 5 heteroatoms. The molecule has 0 aliphatic rings. The molecule has 1 aromatic carbocycles. The van der Waals surface area contributed by atoms with Crippen LogP contribution in [-0.4, -0.2) is 29.2 Å². The largest absolute Gasteiger partial charge is 0.375 e. The van der Waals surface area contributed by atoms with E-state index in [2.05, 4.69) is 16.2 Å². The highest BCUT2D eigenvalue weighted by atomic mass is 16.5. The average molecular weight is 257 g/mol. The molecular weight excluding hydrogens is 242 g/mol. The fourth-order valence-corrected chi connectivity index (χ4v) is 1.89. The zero-order chi connectivity index (χ0) is 13.7. The van der Waals surface area contributed by atoms with Gasteiger partial charge in [0.2, 0.25) is 5.91 Å². The van der Waals surface area contributed by atoms with Crippen LogP contribution in [0.15, 0.2) is 24.3 Å². The van der Waals surface area contributed by atoms with Crippen molar-refractivity contribution in [1.29, 1.82) is 0 Å². The van der Waals surface area contributed by atoms with Gasteiger partial charge in [0.05, 0.1) is 24.1 Å². The van der Waals surface area contributed by atoms with E-state index >= 15 is 0 Å². The molecule has 0 unspecified atom stereocenters. The number of rotatable bonds is 5. The van der Waals surface area contributed by atoms with E-state index in [0.717, 1.165) is 16.9 Å². The molecule has 0 radical (unpaired) electrons. The molecule has 0 aliphatic heterocycles. The maximum atomic E-state index is 11.4. The quantitative estimate of drug-likeness (QED) is 0.811. The number of fused-ring (bicyclic) bond motifs is 1. The van der Waals surface area contributed by atoms with Crippen LogP contribution in [0.4, 0.5) is 0 Å². The van der Waals surface area contributed by atoms with Gasteiger partial charge in [0.25, 0.3) is 0 Å². The Morgan fingerprint density at radius 1 is 1.53 bits per heavy atom. The molecule has 0 aliphatic carbocycles. The maximum absolute atomic E-state index is 11.4. The van der Waals surface area contributed by atoms with E-state index < -0.39 is 0 Å². The summed E-state index contributed by atoms with van der Waals surface area (Å²) < 4.78 is 6.68. The van der Waals surface area contributed by atoms with Gasteiger partial charge in [-0.25, -0.2) is 4.98 Å². The molecule has 0 atom stereocenters. The second-order valence-corrected chi connectivity index (χ2v) is 4.02. The van der Waals surface area contributed by atoms with Crippen molar-refractivity contribution in [3.8, 4) is 12.3 Å². The smallest absolute Gasteiger partial charge is 0.246 e. The van der Waals surface area contributed by atoms with Crippen LogP contribution in [0, 0.1) is 12.3 Å². The maximum Gasteiger partial charge on any atom is 0.246 e. The number of hydrogen-bond acceptors (Lipinski definition) is 3. The highest BCUT2D eigenvalue weighted by Crippen LogP contribution is 2.15. The number of amides is 1. The lowest BCUT2D eigenvalue weighted by Crippen LogP contribution is -2.28. The van der Waals surface area contributed by atoms with Crippen molar-refractivity contribution in [2.24, 2.45) is 0 Å². The zero-order valence-electron chi connectivity index (χ0n) is 10.7. The molecule has 2 aromatic rings. The number of ether oxygens (including phenoxy) is 1. The van der Waals surface area contributed by atoms with Gasteiger partial charge in [0, 0.05) is 7.11 Å². The van der Waals surface area contributed by atoms with Crippen LogP contribution in [0.3, 0.4) is 0 Å². The molecule has 0 spiro atoms. The minimum atomic E-state index is -0.179. The van der Waals surface area contributed by atoms with Crippen molar-refractivity contribution in [3.63, 3.8) is 0 Å². The van der Waals surface area contributed by atoms with Crippen LogP contribution in [0.25, 0.3) is 11.0 Å². The van der Waals surface area contributed by atoms with Crippen molar-refractivity contribution in [2.75, 3.05) is 13.7 Å². The fourth-order valence-electron chi connectivity index (χ4n) is 1.89. The first kappa shape index (κ1) is 13.1. The number of methoxy groups -OCH3 is 1. The van der Waals surface area contributed by atoms with Gasteiger partial charge < -0.3 is 14.6 Å². The molecule has 0 fully saturated rings. The van der Waals surface area contributed by atoms with Crippen molar-refractivity contribution >= 4 is 16.9 Å². The molecule has 1 amide bonds. The molecule has 0 saturated carbocycles. The lowest BCUT2D eigenvalue weighted by molar-refractivity contribution is -0.124. The normalized spacial score (nSPS) is 10.3. The first-order valence-electron chi connectivity index (χ1n) is 5.89. The summed E-state index contributed by atoms with van der Waals surface area (Å²) in [7, 11) is 1.48. The molecule has 0 saturated heterocycles. The SMILES string of the molecule is C#CCn1c(CNC(=O)COC)nc2ccccc21. The first-order valence-corrected chi connectivity index (χ1v) is 5.89. The standard InChI is InChI=1S/C14H15N3O2/c1-3-8-17-12-7-5-4-6-11(12)16-13(17)9-15-14(18)10-19-2/h1,4-7H,8-10H2,2H3,(H,15,18). The lowest BCUT2D eigenvalue weighted by Gasteiger charge is -2.06. The van der Waals surface area contributed by atoms with Gasteiger partial charge in [-0.3, -0.25) is 4.79 Å². The van der Waals surface area contributed by atoms with Crippen LogP contribution >= 0.6 is 0 Å². The number of nitrogens with one attached hydrogen (secondary N) is 1. The molecule has 1 heterocycles. The molecule has 1 aromatic heterocycles. The number of nitrogens with zero attached hydrogens (tertiary/aromatic N) is 2. The molecule has 0 bridgehead atoms. The average Bonchev–Trinajstić information content (AvgIpc) is 2.76. The molecule has 1 N–H and O–H groups in total. The van der Waals surface area contributed by atoms with Crippen LogP contribution in [0.5, 0.6) is 0 Å². The van der Waals surface area contributed by atoms with Gasteiger partial charge in [-0.2, -0.15) is 0 Å². The number of benzene rings is 1. The second kappa shape index (κ2) is 6.03. The molecule has 2 rings (SSSR count). The molecular formula is C14H15N3O2. The number of terminal acetylenes is 1. The highest BCUT2D eigenvalue weighted by Gasteiger charge is 2.10. The Balaban J connectivity index is 2.24. The Kier molecular flexibility index (Phi) is 4.16. The van der Waals surface area contributed by atoms with Gasteiger partial charge in [0.15, 0.2) is 0 Å². The molecule has 98 valence electrons. The van der Waals surface area contributed by atoms with Crippen LogP contribution in [-0.2, 0) is 22.6 Å². The Morgan fingerprint density at radius 3 is 3.05 bits per heavy atom. The first-order chi connectivity index (χ1) is 9.26. The van der Waals surface area contributed by atoms with E-state index in [1.807, 2.05) is 28.8 Å². The summed E-state index contributed by atoms with van der Waals surface area (Å²) in [6, 6.07) is 7.73. The number of para-hydroxylation sites is 2. The lowest BCUT2D eigenvalue weighted by atomic mass is 10.3. The van der Waals surface area contributed by atoms with E-state index in [-0.39, 0.29) is 12.5 Å². The van der Waals surface area contributed by atoms with Crippen LogP contribution in [0.2, 0.25) is 0 Å². The Morgan fingerprint density at radius 2 is 2.32 bits per heavy atom. The summed E-state index contributed by atoms with van der Waals surface area (Å²) in [5, 5.41) is 2.74. The molecule has 5 nitrogen and oxygen atoms in total. The van der Waals surface area contributed by atoms with E-state index in [4.69, 9.17) is 11.2 Å². The predicted octanol–water partition coefficient (Wildman–Crippen LogP) is 0.932. The Bertz CT molecular complexity index is 625. The zero-order valence-corrected chi connectivity index (χ0v) is 10.7. The number of imidazole rings is 1. The number of aromatic nitrogens is 2. The molecule has 19 heavy (non-hydrogen) atoms. The summed E-state index contributed by atoms with van der Waals surface area (Å²) in [5.41, 5.74) is 1.84. The van der Waals surface area contributed by atoms with Crippen molar-refractivity contribution in [2.45, 2.75) is 13.1 Å². The van der Waals surface area contributed by atoms with Crippen LogP contribution < -0.4 is 5.32 Å². The predicted molar refractivity (Wildman–Crippen MR) is 72.3 cm³/mol. The van der Waals surface area contributed by atoms with Crippen molar-refractivity contribution < 1.29 is 9.53 Å². The van der Waals surface area contributed by atoms with Crippen molar-refractivity contribution in [1.82, 2.24) is 14.9 Å². The minimum absolute atomic E-state index is 0.0371. The number of carbonyl (C=O) groups is 1. The number of carbonyl (C=O) groups excluding carboxylic acids is 1. The Labute approximate surface area is 111 Å². The second-order valence-electron chi connectivity index (χ2n) is 4.02. The highest BCUT2D eigenvalue weighted by molar-refractivity contribution is 5.78. The summed E-state index contributed by atoms with van der Waals surface area (Å²) in [6.07, 6.45) is 5.38. The van der Waals surface area contributed by atoms with E-state index in [0.29, 0.717) is 13.1 Å². The van der Waals surface area contributed by atoms with Crippen molar-refractivity contribution in [3.05, 3.63) is 30.1 Å². The van der Waals surface area contributed by atoms with Gasteiger partial charge in [-0.15, -0.1) is 6.42 Å². The summed E-state index contributed by atoms with van der Waals surface area (Å²) >= 11 is 0. The summed E-state index contributed by atoms with van der Waals surface area (Å²) in [5.74, 6) is 3.16. The van der Waals surface area contributed by atoms with E-state index in [1.165, 1.54) is 7.11 Å². The van der Waals surface area contributed by atoms with Gasteiger partial charge >= 0.3 is 0 Å². The fraction of sp³-hybridized carbons (Fsp3) is 0.286. The third-order valence-corrected chi connectivity index (χ3v) is 2.70. The Hall–Kier alpha value is -2.32. The van der Waals surface area contributed by atoms with E-state index in [9.17, 15) is 4.79 Å². The van der Waals surface area contributed by atoms with Crippen LogP contribution in [0.1, 0.15) is 5.82 Å². The number of hydrogen-bond donors (Lipinski definition) is 1. The van der Waals surface area contributed by atoms with Gasteiger partial charge in [0.1, 0.15) is 12.4 Å². The van der Waals surface area contributed by atoms with E-state index in [1.54, 1.807) is 0 Å². The summed E-state index contributed by atoms with van der Waals surface area (Å²) in [6.45, 7) is 0.796.